The summed E-state index contributed by atoms with van der Waals surface area (Å²) in [6.45, 7) is 0.690. The highest BCUT2D eigenvalue weighted by Gasteiger charge is 2.23. The second kappa shape index (κ2) is 7.45. The summed E-state index contributed by atoms with van der Waals surface area (Å²) < 4.78 is 37.7. The maximum absolute atomic E-state index is 13.2. The van der Waals surface area contributed by atoms with E-state index < -0.39 is 15.8 Å². The molecule has 1 aromatic carbocycles. The van der Waals surface area contributed by atoms with Crippen molar-refractivity contribution in [2.24, 2.45) is 0 Å². The van der Waals surface area contributed by atoms with Gasteiger partial charge in [0.05, 0.1) is 22.6 Å². The van der Waals surface area contributed by atoms with Crippen molar-refractivity contribution in [2.75, 3.05) is 24.4 Å². The Kier molecular flexibility index (Phi) is 5.81. The van der Waals surface area contributed by atoms with Gasteiger partial charge in [-0.2, -0.15) is 5.06 Å². The van der Waals surface area contributed by atoms with Crippen LogP contribution in [-0.4, -0.2) is 38.2 Å². The van der Waals surface area contributed by atoms with Crippen molar-refractivity contribution in [1.82, 2.24) is 15.3 Å². The van der Waals surface area contributed by atoms with Crippen LogP contribution in [0.4, 0.5) is 10.1 Å². The van der Waals surface area contributed by atoms with E-state index in [4.69, 9.17) is 4.94 Å². The topological polar surface area (TPSA) is 94.1 Å². The molecule has 0 saturated carbocycles. The van der Waals surface area contributed by atoms with Crippen LogP contribution in [0.5, 0.6) is 0 Å². The van der Waals surface area contributed by atoms with Gasteiger partial charge in [-0.25, -0.2) is 17.5 Å². The predicted octanol–water partition coefficient (Wildman–Crippen LogP) is 1.27. The summed E-state index contributed by atoms with van der Waals surface area (Å²) in [4.78, 5) is 5.08. The first kappa shape index (κ1) is 17.9. The van der Waals surface area contributed by atoms with Crippen molar-refractivity contribution in [3.05, 3.63) is 40.5 Å². The largest absolute Gasteiger partial charge is 0.366 e. The average molecular weight is 411 g/mol. The zero-order chi connectivity index (χ0) is 17.0. The molecule has 0 saturated heterocycles. The van der Waals surface area contributed by atoms with E-state index in [0.29, 0.717) is 23.9 Å². The molecular formula is C12H16BrFN4O4S. The van der Waals surface area contributed by atoms with Crippen LogP contribution in [0.1, 0.15) is 6.42 Å². The van der Waals surface area contributed by atoms with Crippen LogP contribution < -0.4 is 15.1 Å². The van der Waals surface area contributed by atoms with E-state index in [-0.39, 0.29) is 16.8 Å². The van der Waals surface area contributed by atoms with Gasteiger partial charge in [0, 0.05) is 13.1 Å². The number of nitrogens with zero attached hydrogens (tertiary/aromatic N) is 2. The Balaban J connectivity index is 1.88. The van der Waals surface area contributed by atoms with E-state index in [0.717, 1.165) is 6.26 Å². The number of halogens is 2. The van der Waals surface area contributed by atoms with Gasteiger partial charge in [-0.15, -0.1) is 4.94 Å². The van der Waals surface area contributed by atoms with Crippen molar-refractivity contribution in [2.45, 2.75) is 6.42 Å². The molecule has 0 spiro atoms. The van der Waals surface area contributed by atoms with Crippen molar-refractivity contribution in [3.8, 4) is 0 Å². The van der Waals surface area contributed by atoms with Gasteiger partial charge in [0.25, 0.3) is 0 Å². The van der Waals surface area contributed by atoms with Crippen LogP contribution in [-0.2, 0) is 15.0 Å². The number of hydroxylamine groups is 3. The highest BCUT2D eigenvalue weighted by molar-refractivity contribution is 9.10. The van der Waals surface area contributed by atoms with Crippen LogP contribution >= 0.6 is 15.9 Å². The van der Waals surface area contributed by atoms with Gasteiger partial charge in [0.2, 0.25) is 10.0 Å². The molecule has 3 N–H and O–H groups in total. The molecule has 0 fully saturated rings. The summed E-state index contributed by atoms with van der Waals surface area (Å²) in [6, 6.07) is 4.25. The minimum atomic E-state index is -3.21. The lowest BCUT2D eigenvalue weighted by Gasteiger charge is -2.16. The molecule has 8 nitrogen and oxygen atoms in total. The van der Waals surface area contributed by atoms with E-state index in [1.165, 1.54) is 29.5 Å². The third kappa shape index (κ3) is 5.32. The molecule has 0 aliphatic carbocycles. The first-order chi connectivity index (χ1) is 10.8. The number of hydrogen-bond acceptors (Lipinski definition) is 7. The smallest absolute Gasteiger partial charge is 0.208 e. The van der Waals surface area contributed by atoms with Crippen LogP contribution in [0.3, 0.4) is 0 Å². The molecule has 1 aliphatic rings. The summed E-state index contributed by atoms with van der Waals surface area (Å²) in [5.41, 5.74) is 0.507. The SMILES string of the molecule is CS(=O)(=O)NCCCNC1=CN(c2ccc(F)c(Br)c2)ON1O. The third-order valence-corrected chi connectivity index (χ3v) is 4.13. The fourth-order valence-electron chi connectivity index (χ4n) is 1.73. The molecule has 0 amide bonds. The van der Waals surface area contributed by atoms with Crippen molar-refractivity contribution in [3.63, 3.8) is 0 Å². The Labute approximate surface area is 141 Å². The Morgan fingerprint density at radius 2 is 2.13 bits per heavy atom. The molecule has 0 atom stereocenters. The lowest BCUT2D eigenvalue weighted by molar-refractivity contribution is -0.306. The van der Waals surface area contributed by atoms with Crippen molar-refractivity contribution in [1.29, 1.82) is 0 Å². The van der Waals surface area contributed by atoms with Gasteiger partial charge in [0.1, 0.15) is 5.82 Å². The van der Waals surface area contributed by atoms with Crippen molar-refractivity contribution >= 4 is 31.6 Å². The first-order valence-corrected chi connectivity index (χ1v) is 9.26. The third-order valence-electron chi connectivity index (χ3n) is 2.79. The van der Waals surface area contributed by atoms with Gasteiger partial charge in [-0.05, 0) is 40.5 Å². The number of hydrogen-bond donors (Lipinski definition) is 3. The zero-order valence-corrected chi connectivity index (χ0v) is 14.6. The molecule has 2 rings (SSSR count). The summed E-state index contributed by atoms with van der Waals surface area (Å²) in [7, 11) is -3.21. The second-order valence-electron chi connectivity index (χ2n) is 4.74. The minimum Gasteiger partial charge on any atom is -0.366 e. The lowest BCUT2D eigenvalue weighted by Crippen LogP contribution is -2.29. The number of nitrogens with one attached hydrogen (secondary N) is 2. The fraction of sp³-hybridized carbons (Fsp3) is 0.333. The molecule has 1 aromatic rings. The molecule has 23 heavy (non-hydrogen) atoms. The number of sulfonamides is 1. The maximum atomic E-state index is 13.2. The van der Waals surface area contributed by atoms with Crippen LogP contribution in [0.25, 0.3) is 0 Å². The second-order valence-corrected chi connectivity index (χ2v) is 7.43. The number of rotatable bonds is 7. The molecule has 1 aliphatic heterocycles. The molecule has 128 valence electrons. The highest BCUT2D eigenvalue weighted by atomic mass is 79.9. The Morgan fingerprint density at radius 1 is 1.39 bits per heavy atom. The maximum Gasteiger partial charge on any atom is 0.208 e. The highest BCUT2D eigenvalue weighted by Crippen LogP contribution is 2.27. The number of benzene rings is 1. The molecule has 0 unspecified atom stereocenters. The quantitative estimate of drug-likeness (QED) is 0.582. The Hall–Kier alpha value is -1.40. The van der Waals surface area contributed by atoms with Gasteiger partial charge >= 0.3 is 0 Å². The fourth-order valence-corrected chi connectivity index (χ4v) is 2.61. The van der Waals surface area contributed by atoms with E-state index in [2.05, 4.69) is 26.0 Å². The average Bonchev–Trinajstić information content (AvgIpc) is 2.82. The molecule has 0 radical (unpaired) electrons. The minimum absolute atomic E-state index is 0.268. The van der Waals surface area contributed by atoms with Crippen LogP contribution in [0.15, 0.2) is 34.7 Å². The predicted molar refractivity (Wildman–Crippen MR) is 84.8 cm³/mol. The normalized spacial score (nSPS) is 15.0. The number of anilines is 1. The van der Waals surface area contributed by atoms with Crippen LogP contribution in [0, 0.1) is 5.82 Å². The Morgan fingerprint density at radius 3 is 2.78 bits per heavy atom. The molecule has 0 bridgehead atoms. The van der Waals surface area contributed by atoms with E-state index >= 15 is 0 Å². The van der Waals surface area contributed by atoms with Gasteiger partial charge in [-0.1, -0.05) is 5.23 Å². The molecule has 11 heteroatoms. The van der Waals surface area contributed by atoms with Gasteiger partial charge in [-0.3, -0.25) is 5.21 Å². The van der Waals surface area contributed by atoms with Gasteiger partial charge < -0.3 is 5.32 Å². The summed E-state index contributed by atoms with van der Waals surface area (Å²) in [5.74, 6) is -0.140. The summed E-state index contributed by atoms with van der Waals surface area (Å²) in [5, 5.41) is 14.3. The zero-order valence-electron chi connectivity index (χ0n) is 12.2. The summed E-state index contributed by atoms with van der Waals surface area (Å²) in [6.07, 6.45) is 3.08. The summed E-state index contributed by atoms with van der Waals surface area (Å²) >= 11 is 3.07. The van der Waals surface area contributed by atoms with E-state index in [1.807, 2.05) is 0 Å². The first-order valence-electron chi connectivity index (χ1n) is 6.58. The lowest BCUT2D eigenvalue weighted by atomic mass is 10.3. The molecule has 0 aromatic heterocycles. The van der Waals surface area contributed by atoms with Gasteiger partial charge in [0.15, 0.2) is 5.82 Å². The Bertz CT molecular complexity index is 700. The standard InChI is InChI=1S/C12H16BrFN4O4S/c1-23(20,21)16-6-2-5-15-12-8-17(22-18(12)19)9-3-4-11(14)10(13)7-9/h3-4,7-8,15-16,19H,2,5-6H2,1H3. The van der Waals surface area contributed by atoms with E-state index in [1.54, 1.807) is 0 Å². The monoisotopic (exact) mass is 410 g/mol. The van der Waals surface area contributed by atoms with E-state index in [9.17, 15) is 18.0 Å². The van der Waals surface area contributed by atoms with Crippen molar-refractivity contribution < 1.29 is 23.0 Å². The van der Waals surface area contributed by atoms with Crippen LogP contribution in [0.2, 0.25) is 0 Å². The molecule has 1 heterocycles. The molecular weight excluding hydrogens is 395 g/mol.